The molecular weight excluding hydrogens is 202 g/mol. The Hall–Kier alpha value is -1.29. The predicted octanol–water partition coefficient (Wildman–Crippen LogP) is 2.11. The van der Waals surface area contributed by atoms with Crippen LogP contribution in [0.3, 0.4) is 0 Å². The van der Waals surface area contributed by atoms with E-state index in [2.05, 4.69) is 0 Å². The summed E-state index contributed by atoms with van der Waals surface area (Å²) in [5, 5.41) is 0. The molecule has 0 bridgehead atoms. The maximum Gasteiger partial charge on any atom is 0.139 e. The third-order valence-electron chi connectivity index (χ3n) is 2.02. The standard InChI is InChI=1S/C11H12F2O2/c1-15-6-5-8(14)7-9-10(12)3-2-4-11(9)13/h2-4H,5-7H2,1H3. The highest BCUT2D eigenvalue weighted by atomic mass is 19.1. The highest BCUT2D eigenvalue weighted by Gasteiger charge is 2.12. The fourth-order valence-electron chi connectivity index (χ4n) is 1.20. The van der Waals surface area contributed by atoms with Crippen LogP contribution in [-0.2, 0) is 16.0 Å². The number of ether oxygens (including phenoxy) is 1. The third-order valence-corrected chi connectivity index (χ3v) is 2.02. The maximum atomic E-state index is 13.1. The maximum absolute atomic E-state index is 13.1. The first kappa shape index (κ1) is 11.8. The molecular formula is C11H12F2O2. The Balaban J connectivity index is 2.68. The van der Waals surface area contributed by atoms with E-state index >= 15 is 0 Å². The lowest BCUT2D eigenvalue weighted by molar-refractivity contribution is -0.119. The van der Waals surface area contributed by atoms with E-state index in [1.54, 1.807) is 0 Å². The van der Waals surface area contributed by atoms with Crippen LogP contribution in [0.25, 0.3) is 0 Å². The normalized spacial score (nSPS) is 10.3. The molecule has 0 amide bonds. The first-order chi connectivity index (χ1) is 7.15. The number of methoxy groups -OCH3 is 1. The molecule has 2 nitrogen and oxygen atoms in total. The summed E-state index contributed by atoms with van der Waals surface area (Å²) < 4.78 is 30.9. The molecule has 15 heavy (non-hydrogen) atoms. The van der Waals surface area contributed by atoms with E-state index in [0.29, 0.717) is 0 Å². The lowest BCUT2D eigenvalue weighted by atomic mass is 10.1. The van der Waals surface area contributed by atoms with Gasteiger partial charge in [-0.25, -0.2) is 8.78 Å². The van der Waals surface area contributed by atoms with Gasteiger partial charge in [-0.05, 0) is 12.1 Å². The number of ketones is 1. The first-order valence-electron chi connectivity index (χ1n) is 4.58. The van der Waals surface area contributed by atoms with Crippen molar-refractivity contribution in [2.45, 2.75) is 12.8 Å². The van der Waals surface area contributed by atoms with E-state index in [9.17, 15) is 13.6 Å². The molecule has 0 saturated heterocycles. The fourth-order valence-corrected chi connectivity index (χ4v) is 1.20. The Kier molecular flexibility index (Phi) is 4.37. The van der Waals surface area contributed by atoms with E-state index in [1.165, 1.54) is 13.2 Å². The van der Waals surface area contributed by atoms with Crippen molar-refractivity contribution < 1.29 is 18.3 Å². The second kappa shape index (κ2) is 5.56. The zero-order valence-electron chi connectivity index (χ0n) is 8.43. The average Bonchev–Trinajstić information content (AvgIpc) is 2.21. The Morgan fingerprint density at radius 3 is 2.47 bits per heavy atom. The zero-order valence-corrected chi connectivity index (χ0v) is 8.43. The molecule has 0 aliphatic heterocycles. The van der Waals surface area contributed by atoms with Crippen molar-refractivity contribution in [2.24, 2.45) is 0 Å². The molecule has 0 radical (unpaired) electrons. The SMILES string of the molecule is COCCC(=O)Cc1c(F)cccc1F. The van der Waals surface area contributed by atoms with Gasteiger partial charge in [-0.2, -0.15) is 0 Å². The van der Waals surface area contributed by atoms with Gasteiger partial charge in [-0.15, -0.1) is 0 Å². The number of rotatable bonds is 5. The van der Waals surface area contributed by atoms with Gasteiger partial charge in [0.05, 0.1) is 6.61 Å². The quantitative estimate of drug-likeness (QED) is 0.750. The molecule has 0 fully saturated rings. The summed E-state index contributed by atoms with van der Waals surface area (Å²) in [6.07, 6.45) is -0.0495. The molecule has 0 aliphatic carbocycles. The summed E-state index contributed by atoms with van der Waals surface area (Å²) in [5.74, 6) is -1.60. The van der Waals surface area contributed by atoms with Crippen LogP contribution in [0.5, 0.6) is 0 Å². The summed E-state index contributed by atoms with van der Waals surface area (Å²) in [4.78, 5) is 11.3. The highest BCUT2D eigenvalue weighted by molar-refractivity contribution is 5.81. The Labute approximate surface area is 86.9 Å². The van der Waals surface area contributed by atoms with E-state index in [1.807, 2.05) is 0 Å². The number of benzene rings is 1. The van der Waals surface area contributed by atoms with Crippen LogP contribution >= 0.6 is 0 Å². The van der Waals surface area contributed by atoms with Crippen LogP contribution in [-0.4, -0.2) is 19.5 Å². The van der Waals surface area contributed by atoms with Crippen molar-refractivity contribution in [3.05, 3.63) is 35.4 Å². The second-order valence-electron chi connectivity index (χ2n) is 3.16. The number of halogens is 2. The number of hydrogen-bond acceptors (Lipinski definition) is 2. The van der Waals surface area contributed by atoms with Crippen LogP contribution in [0.15, 0.2) is 18.2 Å². The van der Waals surface area contributed by atoms with Crippen LogP contribution in [0.1, 0.15) is 12.0 Å². The van der Waals surface area contributed by atoms with E-state index < -0.39 is 11.6 Å². The predicted molar refractivity (Wildman–Crippen MR) is 51.6 cm³/mol. The minimum absolute atomic E-state index is 0.168. The molecule has 1 rings (SSSR count). The fraction of sp³-hybridized carbons (Fsp3) is 0.364. The van der Waals surface area contributed by atoms with Gasteiger partial charge in [0.2, 0.25) is 0 Å². The van der Waals surface area contributed by atoms with Crippen LogP contribution in [0.2, 0.25) is 0 Å². The van der Waals surface area contributed by atoms with Crippen LogP contribution in [0.4, 0.5) is 8.78 Å². The molecule has 1 aromatic rings. The molecule has 0 unspecified atom stereocenters. The Bertz CT molecular complexity index is 330. The van der Waals surface area contributed by atoms with Crippen LogP contribution in [0, 0.1) is 11.6 Å². The first-order valence-corrected chi connectivity index (χ1v) is 4.58. The summed E-state index contributed by atoms with van der Waals surface area (Å²) in [6, 6.07) is 3.55. The molecule has 0 aliphatic rings. The monoisotopic (exact) mass is 214 g/mol. The van der Waals surface area contributed by atoms with E-state index in [4.69, 9.17) is 4.74 Å². The molecule has 0 atom stereocenters. The average molecular weight is 214 g/mol. The largest absolute Gasteiger partial charge is 0.384 e. The third kappa shape index (κ3) is 3.40. The Morgan fingerprint density at radius 2 is 1.93 bits per heavy atom. The number of carbonyl (C=O) groups is 1. The summed E-state index contributed by atoms with van der Waals surface area (Å²) in [5.41, 5.74) is -0.168. The zero-order chi connectivity index (χ0) is 11.3. The summed E-state index contributed by atoms with van der Waals surface area (Å²) >= 11 is 0. The van der Waals surface area contributed by atoms with Gasteiger partial charge in [-0.1, -0.05) is 6.07 Å². The molecule has 0 aromatic heterocycles. The molecule has 0 spiro atoms. The van der Waals surface area contributed by atoms with Crippen molar-refractivity contribution in [1.29, 1.82) is 0 Å². The minimum atomic E-state index is -0.680. The van der Waals surface area contributed by atoms with Gasteiger partial charge in [0, 0.05) is 25.5 Å². The van der Waals surface area contributed by atoms with Gasteiger partial charge in [0.15, 0.2) is 0 Å². The minimum Gasteiger partial charge on any atom is -0.384 e. The van der Waals surface area contributed by atoms with Gasteiger partial charge < -0.3 is 4.74 Å². The van der Waals surface area contributed by atoms with Crippen LogP contribution < -0.4 is 0 Å². The van der Waals surface area contributed by atoms with Gasteiger partial charge in [0.25, 0.3) is 0 Å². The lowest BCUT2D eigenvalue weighted by Gasteiger charge is -2.03. The highest BCUT2D eigenvalue weighted by Crippen LogP contribution is 2.13. The number of carbonyl (C=O) groups excluding carboxylic acids is 1. The molecule has 0 saturated carbocycles. The van der Waals surface area contributed by atoms with E-state index in [-0.39, 0.29) is 30.8 Å². The smallest absolute Gasteiger partial charge is 0.139 e. The number of hydrogen-bond donors (Lipinski definition) is 0. The molecule has 0 heterocycles. The van der Waals surface area contributed by atoms with Gasteiger partial charge in [0.1, 0.15) is 17.4 Å². The summed E-state index contributed by atoms with van der Waals surface area (Å²) in [6.45, 7) is 0.273. The van der Waals surface area contributed by atoms with Gasteiger partial charge in [-0.3, -0.25) is 4.79 Å². The second-order valence-corrected chi connectivity index (χ2v) is 3.16. The van der Waals surface area contributed by atoms with E-state index in [0.717, 1.165) is 12.1 Å². The lowest BCUT2D eigenvalue weighted by Crippen LogP contribution is -2.09. The Morgan fingerprint density at radius 1 is 1.33 bits per heavy atom. The molecule has 82 valence electrons. The van der Waals surface area contributed by atoms with Crippen molar-refractivity contribution >= 4 is 5.78 Å². The van der Waals surface area contributed by atoms with Gasteiger partial charge >= 0.3 is 0 Å². The molecule has 4 heteroatoms. The van der Waals surface area contributed by atoms with Crippen molar-refractivity contribution in [3.8, 4) is 0 Å². The van der Waals surface area contributed by atoms with Crippen molar-refractivity contribution in [1.82, 2.24) is 0 Å². The molecule has 1 aromatic carbocycles. The van der Waals surface area contributed by atoms with Crippen molar-refractivity contribution in [2.75, 3.05) is 13.7 Å². The van der Waals surface area contributed by atoms with Crippen molar-refractivity contribution in [3.63, 3.8) is 0 Å². The molecule has 0 N–H and O–H groups in total. The summed E-state index contributed by atoms with van der Waals surface area (Å²) in [7, 11) is 1.47. The number of Topliss-reactive ketones (excluding diaryl/α,β-unsaturated/α-hetero) is 1. The topological polar surface area (TPSA) is 26.3 Å².